The summed E-state index contributed by atoms with van der Waals surface area (Å²) in [6, 6.07) is 0. The molecule has 2 heteroatoms. The number of esters is 1. The molecule has 0 saturated heterocycles. The molecule has 0 radical (unpaired) electrons. The van der Waals surface area contributed by atoms with Crippen molar-refractivity contribution in [2.45, 2.75) is 104 Å². The molecule has 0 heterocycles. The molecule has 0 aliphatic carbocycles. The van der Waals surface area contributed by atoms with Gasteiger partial charge in [0.2, 0.25) is 0 Å². The molecule has 1 atom stereocenters. The van der Waals surface area contributed by atoms with Gasteiger partial charge >= 0.3 is 5.97 Å². The summed E-state index contributed by atoms with van der Waals surface area (Å²) in [5.41, 5.74) is 1.59. The summed E-state index contributed by atoms with van der Waals surface area (Å²) < 4.78 is 4.66. The van der Waals surface area contributed by atoms with Crippen molar-refractivity contribution in [2.24, 2.45) is 5.92 Å². The minimum Gasteiger partial charge on any atom is -0.469 e. The van der Waals surface area contributed by atoms with Crippen LogP contribution in [0.2, 0.25) is 0 Å². The van der Waals surface area contributed by atoms with Crippen molar-refractivity contribution < 1.29 is 9.53 Å². The van der Waals surface area contributed by atoms with Crippen LogP contribution in [0.4, 0.5) is 0 Å². The first kappa shape index (κ1) is 23.9. The molecule has 0 N–H and O–H groups in total. The van der Waals surface area contributed by atoms with Gasteiger partial charge in [0.25, 0.3) is 0 Å². The molecule has 0 aromatic carbocycles. The molecule has 0 aromatic heterocycles. The third-order valence-electron chi connectivity index (χ3n) is 4.98. The van der Waals surface area contributed by atoms with Gasteiger partial charge in [-0.05, 0) is 38.0 Å². The summed E-state index contributed by atoms with van der Waals surface area (Å²) in [6.45, 7) is 8.50. The quantitative estimate of drug-likeness (QED) is 0.155. The second-order valence-corrected chi connectivity index (χ2v) is 7.20. The number of allylic oxidation sites excluding steroid dienone is 3. The first-order valence-corrected chi connectivity index (χ1v) is 10.5. The summed E-state index contributed by atoms with van der Waals surface area (Å²) in [6.07, 6.45) is 21.5. The molecule has 2 nitrogen and oxygen atoms in total. The monoisotopic (exact) mass is 350 g/mol. The lowest BCUT2D eigenvalue weighted by Crippen LogP contribution is -1.99. The second-order valence-electron chi connectivity index (χ2n) is 7.20. The van der Waals surface area contributed by atoms with Crippen molar-refractivity contribution in [3.05, 3.63) is 24.3 Å². The Morgan fingerprint density at radius 2 is 1.48 bits per heavy atom. The zero-order valence-electron chi connectivity index (χ0n) is 17.2. The van der Waals surface area contributed by atoms with E-state index in [1.54, 1.807) is 5.57 Å². The van der Waals surface area contributed by atoms with E-state index in [1.807, 2.05) is 0 Å². The first-order valence-electron chi connectivity index (χ1n) is 10.5. The van der Waals surface area contributed by atoms with Crippen LogP contribution >= 0.6 is 0 Å². The number of methoxy groups -OCH3 is 1. The standard InChI is InChI=1S/C23H42O2/c1-5-7-8-12-15-18-22(21(3)6-2)19-16-13-10-9-11-14-17-20-23(24)25-4/h6,18,21H,2,5,7-17,19-20H2,1,3-4H3/b22-18+. The van der Waals surface area contributed by atoms with Crippen molar-refractivity contribution in [1.82, 2.24) is 0 Å². The first-order chi connectivity index (χ1) is 12.2. The fourth-order valence-corrected chi connectivity index (χ4v) is 3.11. The molecule has 0 spiro atoms. The van der Waals surface area contributed by atoms with Crippen LogP contribution in [-0.4, -0.2) is 13.1 Å². The van der Waals surface area contributed by atoms with Gasteiger partial charge in [-0.25, -0.2) is 0 Å². The number of carbonyl (C=O) groups excluding carboxylic acids is 1. The Hall–Kier alpha value is -1.05. The molecule has 0 rings (SSSR count). The summed E-state index contributed by atoms with van der Waals surface area (Å²) in [5, 5.41) is 0. The van der Waals surface area contributed by atoms with Crippen LogP contribution < -0.4 is 0 Å². The van der Waals surface area contributed by atoms with E-state index in [9.17, 15) is 4.79 Å². The van der Waals surface area contributed by atoms with E-state index in [-0.39, 0.29) is 5.97 Å². The van der Waals surface area contributed by atoms with Crippen molar-refractivity contribution in [3.63, 3.8) is 0 Å². The maximum atomic E-state index is 11.0. The molecular weight excluding hydrogens is 308 g/mol. The van der Waals surface area contributed by atoms with E-state index in [0.29, 0.717) is 12.3 Å². The van der Waals surface area contributed by atoms with E-state index >= 15 is 0 Å². The largest absolute Gasteiger partial charge is 0.469 e. The third kappa shape index (κ3) is 15.0. The molecule has 0 bridgehead atoms. The molecule has 146 valence electrons. The van der Waals surface area contributed by atoms with Crippen LogP contribution in [0.1, 0.15) is 104 Å². The number of unbranched alkanes of at least 4 members (excludes halogenated alkanes) is 10. The third-order valence-corrected chi connectivity index (χ3v) is 4.98. The number of ether oxygens (including phenoxy) is 1. The zero-order valence-corrected chi connectivity index (χ0v) is 17.2. The lowest BCUT2D eigenvalue weighted by atomic mass is 9.93. The summed E-state index contributed by atoms with van der Waals surface area (Å²) in [5.74, 6) is 0.440. The molecule has 0 aromatic rings. The van der Waals surface area contributed by atoms with E-state index in [4.69, 9.17) is 0 Å². The Bertz CT molecular complexity index is 357. The lowest BCUT2D eigenvalue weighted by molar-refractivity contribution is -0.140. The topological polar surface area (TPSA) is 26.3 Å². The average molecular weight is 351 g/mol. The van der Waals surface area contributed by atoms with Gasteiger partial charge in [0.05, 0.1) is 7.11 Å². The van der Waals surface area contributed by atoms with Crippen LogP contribution in [0, 0.1) is 5.92 Å². The number of rotatable bonds is 17. The highest BCUT2D eigenvalue weighted by Crippen LogP contribution is 2.21. The van der Waals surface area contributed by atoms with Gasteiger partial charge in [0, 0.05) is 6.42 Å². The molecular formula is C23H42O2. The molecule has 0 aliphatic heterocycles. The molecule has 1 unspecified atom stereocenters. The highest BCUT2D eigenvalue weighted by molar-refractivity contribution is 5.68. The van der Waals surface area contributed by atoms with Crippen LogP contribution in [0.25, 0.3) is 0 Å². The van der Waals surface area contributed by atoms with Crippen molar-refractivity contribution >= 4 is 5.97 Å². The number of hydrogen-bond donors (Lipinski definition) is 0. The Morgan fingerprint density at radius 1 is 0.920 bits per heavy atom. The number of carbonyl (C=O) groups is 1. The maximum absolute atomic E-state index is 11.0. The summed E-state index contributed by atoms with van der Waals surface area (Å²) in [4.78, 5) is 11.0. The minimum atomic E-state index is -0.0784. The lowest BCUT2D eigenvalue weighted by Gasteiger charge is -2.13. The summed E-state index contributed by atoms with van der Waals surface area (Å²) >= 11 is 0. The van der Waals surface area contributed by atoms with Crippen LogP contribution in [0.15, 0.2) is 24.3 Å². The summed E-state index contributed by atoms with van der Waals surface area (Å²) in [7, 11) is 1.46. The van der Waals surface area contributed by atoms with Gasteiger partial charge in [-0.1, -0.05) is 82.9 Å². The average Bonchev–Trinajstić information content (AvgIpc) is 2.63. The second kappa shape index (κ2) is 17.8. The van der Waals surface area contributed by atoms with Crippen molar-refractivity contribution in [3.8, 4) is 0 Å². The highest BCUT2D eigenvalue weighted by atomic mass is 16.5. The van der Waals surface area contributed by atoms with Gasteiger partial charge < -0.3 is 4.74 Å². The van der Waals surface area contributed by atoms with E-state index < -0.39 is 0 Å². The maximum Gasteiger partial charge on any atom is 0.305 e. The predicted molar refractivity (Wildman–Crippen MR) is 110 cm³/mol. The molecule has 0 aliphatic rings. The van der Waals surface area contributed by atoms with Gasteiger partial charge in [-0.15, -0.1) is 6.58 Å². The normalized spacial score (nSPS) is 12.8. The van der Waals surface area contributed by atoms with Crippen LogP contribution in [-0.2, 0) is 9.53 Å². The highest BCUT2D eigenvalue weighted by Gasteiger charge is 2.05. The van der Waals surface area contributed by atoms with Gasteiger partial charge in [-0.2, -0.15) is 0 Å². The Balaban J connectivity index is 3.75. The van der Waals surface area contributed by atoms with Gasteiger partial charge in [0.1, 0.15) is 0 Å². The fraction of sp³-hybridized carbons (Fsp3) is 0.783. The molecule has 0 fully saturated rings. The van der Waals surface area contributed by atoms with Gasteiger partial charge in [0.15, 0.2) is 0 Å². The molecule has 25 heavy (non-hydrogen) atoms. The fourth-order valence-electron chi connectivity index (χ4n) is 3.11. The Labute approximate surface area is 157 Å². The number of hydrogen-bond acceptors (Lipinski definition) is 2. The SMILES string of the molecule is C=CC(C)/C(=C/CCCCCC)CCCCCCCCCC(=O)OC. The molecule has 0 amide bonds. The van der Waals surface area contributed by atoms with E-state index in [2.05, 4.69) is 37.3 Å². The van der Waals surface area contributed by atoms with E-state index in [1.165, 1.54) is 77.7 Å². The molecule has 0 saturated carbocycles. The van der Waals surface area contributed by atoms with E-state index in [0.717, 1.165) is 12.8 Å². The van der Waals surface area contributed by atoms with Crippen molar-refractivity contribution in [2.75, 3.05) is 7.11 Å². The smallest absolute Gasteiger partial charge is 0.305 e. The van der Waals surface area contributed by atoms with Crippen LogP contribution in [0.5, 0.6) is 0 Å². The Kier molecular flexibility index (Phi) is 17.0. The van der Waals surface area contributed by atoms with Crippen molar-refractivity contribution in [1.29, 1.82) is 0 Å². The van der Waals surface area contributed by atoms with Crippen LogP contribution in [0.3, 0.4) is 0 Å². The Morgan fingerprint density at radius 3 is 2.04 bits per heavy atom. The zero-order chi connectivity index (χ0) is 18.8. The van der Waals surface area contributed by atoms with Gasteiger partial charge in [-0.3, -0.25) is 4.79 Å². The minimum absolute atomic E-state index is 0.0784. The predicted octanol–water partition coefficient (Wildman–Crippen LogP) is 7.39.